The summed E-state index contributed by atoms with van der Waals surface area (Å²) in [5, 5.41) is 3.91. The van der Waals surface area contributed by atoms with Crippen LogP contribution in [0.15, 0.2) is 0 Å². The number of nitrogens with zero attached hydrogens (tertiary/aromatic N) is 1. The average molecular weight is 250 g/mol. The van der Waals surface area contributed by atoms with Crippen molar-refractivity contribution >= 4 is 0 Å². The van der Waals surface area contributed by atoms with Crippen LogP contribution in [-0.4, -0.2) is 36.1 Å². The van der Waals surface area contributed by atoms with Gasteiger partial charge in [-0.2, -0.15) is 0 Å². The SMILES string of the molecule is CCC1CNC2(CCCC2)CN1CC1(CC)CC1. The summed E-state index contributed by atoms with van der Waals surface area (Å²) in [6, 6.07) is 0.792. The molecule has 0 bridgehead atoms. The van der Waals surface area contributed by atoms with Crippen molar-refractivity contribution in [1.29, 1.82) is 0 Å². The molecule has 3 rings (SSSR count). The zero-order valence-electron chi connectivity index (χ0n) is 12.3. The van der Waals surface area contributed by atoms with Gasteiger partial charge in [0.2, 0.25) is 0 Å². The first-order valence-corrected chi connectivity index (χ1v) is 8.20. The molecular weight excluding hydrogens is 220 g/mol. The topological polar surface area (TPSA) is 15.3 Å². The highest BCUT2D eigenvalue weighted by Gasteiger charge is 2.46. The van der Waals surface area contributed by atoms with E-state index in [4.69, 9.17) is 0 Å². The van der Waals surface area contributed by atoms with E-state index in [9.17, 15) is 0 Å². The van der Waals surface area contributed by atoms with Crippen LogP contribution in [-0.2, 0) is 0 Å². The van der Waals surface area contributed by atoms with E-state index in [1.807, 2.05) is 0 Å². The van der Waals surface area contributed by atoms with Gasteiger partial charge in [-0.05, 0) is 43.9 Å². The highest BCUT2D eigenvalue weighted by Crippen LogP contribution is 2.50. The lowest BCUT2D eigenvalue weighted by molar-refractivity contribution is 0.0590. The number of rotatable bonds is 4. The molecule has 1 aliphatic heterocycles. The summed E-state index contributed by atoms with van der Waals surface area (Å²) in [6.07, 6.45) is 11.4. The molecule has 1 spiro atoms. The molecule has 3 fully saturated rings. The maximum Gasteiger partial charge on any atom is 0.0309 e. The molecule has 0 aromatic heterocycles. The Kier molecular flexibility index (Phi) is 3.44. The van der Waals surface area contributed by atoms with Gasteiger partial charge in [-0.15, -0.1) is 0 Å². The molecule has 2 saturated carbocycles. The number of nitrogens with one attached hydrogen (secondary N) is 1. The molecule has 0 amide bonds. The van der Waals surface area contributed by atoms with Gasteiger partial charge in [-0.1, -0.05) is 26.7 Å². The zero-order chi connectivity index (χ0) is 12.6. The van der Waals surface area contributed by atoms with Crippen molar-refractivity contribution in [3.05, 3.63) is 0 Å². The number of piperazine rings is 1. The van der Waals surface area contributed by atoms with Crippen LogP contribution in [0.25, 0.3) is 0 Å². The third-order valence-corrected chi connectivity index (χ3v) is 6.01. The van der Waals surface area contributed by atoms with Gasteiger partial charge in [-0.25, -0.2) is 0 Å². The van der Waals surface area contributed by atoms with Crippen LogP contribution in [0.5, 0.6) is 0 Å². The fourth-order valence-electron chi connectivity index (χ4n) is 4.24. The minimum absolute atomic E-state index is 0.496. The van der Waals surface area contributed by atoms with Crippen LogP contribution in [0.1, 0.15) is 65.2 Å². The Morgan fingerprint density at radius 2 is 1.83 bits per heavy atom. The van der Waals surface area contributed by atoms with Gasteiger partial charge in [0.25, 0.3) is 0 Å². The van der Waals surface area contributed by atoms with Crippen molar-refractivity contribution in [1.82, 2.24) is 10.2 Å². The molecule has 1 saturated heterocycles. The van der Waals surface area contributed by atoms with Gasteiger partial charge < -0.3 is 5.32 Å². The predicted octanol–water partition coefficient (Wildman–Crippen LogP) is 3.17. The molecule has 1 unspecified atom stereocenters. The monoisotopic (exact) mass is 250 g/mol. The van der Waals surface area contributed by atoms with Crippen molar-refractivity contribution < 1.29 is 0 Å². The highest BCUT2D eigenvalue weighted by atomic mass is 15.3. The summed E-state index contributed by atoms with van der Waals surface area (Å²) in [5.74, 6) is 0. The van der Waals surface area contributed by atoms with E-state index in [1.54, 1.807) is 0 Å². The molecule has 3 aliphatic rings. The van der Waals surface area contributed by atoms with Gasteiger partial charge in [0.1, 0.15) is 0 Å². The van der Waals surface area contributed by atoms with E-state index in [0.717, 1.165) is 6.04 Å². The fourth-order valence-corrected chi connectivity index (χ4v) is 4.24. The Labute approximate surface area is 113 Å². The van der Waals surface area contributed by atoms with Gasteiger partial charge in [-0.3, -0.25) is 4.90 Å². The molecule has 2 aliphatic carbocycles. The van der Waals surface area contributed by atoms with Crippen molar-refractivity contribution in [2.45, 2.75) is 76.8 Å². The number of hydrogen-bond acceptors (Lipinski definition) is 2. The Bertz CT molecular complexity index is 289. The molecule has 2 nitrogen and oxygen atoms in total. The normalized spacial score (nSPS) is 34.0. The van der Waals surface area contributed by atoms with Crippen LogP contribution in [0.4, 0.5) is 0 Å². The second-order valence-electron chi connectivity index (χ2n) is 7.19. The van der Waals surface area contributed by atoms with E-state index < -0.39 is 0 Å². The second-order valence-corrected chi connectivity index (χ2v) is 7.19. The van der Waals surface area contributed by atoms with Crippen LogP contribution >= 0.6 is 0 Å². The first kappa shape index (κ1) is 12.9. The van der Waals surface area contributed by atoms with Gasteiger partial charge in [0.15, 0.2) is 0 Å². The molecule has 0 aromatic rings. The molecular formula is C16H30N2. The van der Waals surface area contributed by atoms with Gasteiger partial charge in [0.05, 0.1) is 0 Å². The summed E-state index contributed by atoms with van der Waals surface area (Å²) in [6.45, 7) is 8.69. The molecule has 104 valence electrons. The molecule has 2 heteroatoms. The maximum absolute atomic E-state index is 3.91. The third kappa shape index (κ3) is 2.34. The first-order valence-electron chi connectivity index (χ1n) is 8.20. The standard InChI is InChI=1S/C16H30N2/c1-3-14-11-17-16(7-5-6-8-16)13-18(14)12-15(4-2)9-10-15/h14,17H,3-13H2,1-2H3. The molecule has 1 atom stereocenters. The Morgan fingerprint density at radius 3 is 2.39 bits per heavy atom. The Balaban J connectivity index is 1.67. The minimum Gasteiger partial charge on any atom is -0.308 e. The quantitative estimate of drug-likeness (QED) is 0.824. The third-order valence-electron chi connectivity index (χ3n) is 6.01. The summed E-state index contributed by atoms with van der Waals surface area (Å²) >= 11 is 0. The Hall–Kier alpha value is -0.0800. The summed E-state index contributed by atoms with van der Waals surface area (Å²) in [4.78, 5) is 2.86. The zero-order valence-corrected chi connectivity index (χ0v) is 12.3. The van der Waals surface area contributed by atoms with Crippen LogP contribution in [0.2, 0.25) is 0 Å². The first-order chi connectivity index (χ1) is 8.71. The highest BCUT2D eigenvalue weighted by molar-refractivity contribution is 5.04. The van der Waals surface area contributed by atoms with Gasteiger partial charge >= 0.3 is 0 Å². The maximum atomic E-state index is 3.91. The lowest BCUT2D eigenvalue weighted by Crippen LogP contribution is -2.63. The van der Waals surface area contributed by atoms with Crippen molar-refractivity contribution in [3.63, 3.8) is 0 Å². The Morgan fingerprint density at radius 1 is 1.11 bits per heavy atom. The second kappa shape index (κ2) is 4.79. The largest absolute Gasteiger partial charge is 0.308 e. The molecule has 0 radical (unpaired) electrons. The minimum atomic E-state index is 0.496. The van der Waals surface area contributed by atoms with Crippen LogP contribution in [0.3, 0.4) is 0 Å². The molecule has 1 N–H and O–H groups in total. The summed E-state index contributed by atoms with van der Waals surface area (Å²) in [7, 11) is 0. The van der Waals surface area contributed by atoms with Crippen LogP contribution in [0, 0.1) is 5.41 Å². The molecule has 18 heavy (non-hydrogen) atoms. The predicted molar refractivity (Wildman–Crippen MR) is 76.8 cm³/mol. The van der Waals surface area contributed by atoms with Crippen molar-refractivity contribution in [2.24, 2.45) is 5.41 Å². The van der Waals surface area contributed by atoms with E-state index >= 15 is 0 Å². The van der Waals surface area contributed by atoms with E-state index in [-0.39, 0.29) is 0 Å². The van der Waals surface area contributed by atoms with E-state index in [1.165, 1.54) is 71.0 Å². The van der Waals surface area contributed by atoms with Crippen molar-refractivity contribution in [3.8, 4) is 0 Å². The average Bonchev–Trinajstić information content (AvgIpc) is 3.03. The summed E-state index contributed by atoms with van der Waals surface area (Å²) < 4.78 is 0. The van der Waals surface area contributed by atoms with E-state index in [0.29, 0.717) is 11.0 Å². The summed E-state index contributed by atoms with van der Waals surface area (Å²) in [5.41, 5.74) is 1.21. The van der Waals surface area contributed by atoms with Crippen molar-refractivity contribution in [2.75, 3.05) is 19.6 Å². The lowest BCUT2D eigenvalue weighted by Gasteiger charge is -2.47. The van der Waals surface area contributed by atoms with E-state index in [2.05, 4.69) is 24.1 Å². The van der Waals surface area contributed by atoms with Crippen LogP contribution < -0.4 is 5.32 Å². The smallest absolute Gasteiger partial charge is 0.0309 e. The molecule has 0 aromatic carbocycles. The number of hydrogen-bond donors (Lipinski definition) is 1. The molecule has 1 heterocycles. The lowest BCUT2D eigenvalue weighted by atomic mass is 9.90. The van der Waals surface area contributed by atoms with Gasteiger partial charge in [0, 0.05) is 31.2 Å². The fraction of sp³-hybridized carbons (Fsp3) is 1.00.